The van der Waals surface area contributed by atoms with Gasteiger partial charge in [-0.05, 0) is 43.1 Å². The lowest BCUT2D eigenvalue weighted by molar-refractivity contribution is -0.120. The Bertz CT molecular complexity index is 669. The zero-order chi connectivity index (χ0) is 17.0. The van der Waals surface area contributed by atoms with E-state index in [-0.39, 0.29) is 22.9 Å². The second-order valence-corrected chi connectivity index (χ2v) is 8.15. The molecule has 5 nitrogen and oxygen atoms in total. The Balaban J connectivity index is 2.10. The van der Waals surface area contributed by atoms with Crippen LogP contribution < -0.4 is 0 Å². The van der Waals surface area contributed by atoms with Crippen molar-refractivity contribution in [1.82, 2.24) is 9.80 Å². The highest BCUT2D eigenvalue weighted by atomic mass is 35.7. The van der Waals surface area contributed by atoms with E-state index in [1.807, 2.05) is 0 Å². The summed E-state index contributed by atoms with van der Waals surface area (Å²) < 4.78 is 36.6. The highest BCUT2D eigenvalue weighted by Crippen LogP contribution is 2.22. The monoisotopic (exact) mass is 362 g/mol. The van der Waals surface area contributed by atoms with Crippen LogP contribution in [0.3, 0.4) is 0 Å². The quantitative estimate of drug-likeness (QED) is 0.548. The van der Waals surface area contributed by atoms with Crippen molar-refractivity contribution in [3.63, 3.8) is 0 Å². The fourth-order valence-electron chi connectivity index (χ4n) is 2.92. The minimum absolute atomic E-state index is 0.104. The maximum atomic E-state index is 13.4. The van der Waals surface area contributed by atoms with Gasteiger partial charge in [-0.15, -0.1) is 0 Å². The van der Waals surface area contributed by atoms with E-state index in [4.69, 9.17) is 10.7 Å². The molecule has 8 heteroatoms. The number of hydrogen-bond donors (Lipinski definition) is 0. The number of nitrogens with zero attached hydrogens (tertiary/aromatic N) is 2. The van der Waals surface area contributed by atoms with Crippen LogP contribution in [0.15, 0.2) is 23.1 Å². The van der Waals surface area contributed by atoms with Gasteiger partial charge in [0.1, 0.15) is 5.82 Å². The summed E-state index contributed by atoms with van der Waals surface area (Å²) in [7, 11) is 1.44. The zero-order valence-electron chi connectivity index (χ0n) is 12.9. The lowest BCUT2D eigenvalue weighted by atomic mass is 10.1. The number of amides is 1. The van der Waals surface area contributed by atoms with Crippen LogP contribution >= 0.6 is 10.7 Å². The molecule has 23 heavy (non-hydrogen) atoms. The van der Waals surface area contributed by atoms with E-state index >= 15 is 0 Å². The van der Waals surface area contributed by atoms with Crippen molar-refractivity contribution in [2.24, 2.45) is 0 Å². The Kier molecular flexibility index (Phi) is 6.00. The van der Waals surface area contributed by atoms with Crippen LogP contribution in [0, 0.1) is 5.82 Å². The van der Waals surface area contributed by atoms with Crippen LogP contribution in [-0.2, 0) is 20.3 Å². The molecule has 128 valence electrons. The lowest BCUT2D eigenvalue weighted by Crippen LogP contribution is -2.38. The Hall–Kier alpha value is -1.18. The van der Waals surface area contributed by atoms with Gasteiger partial charge in [-0.2, -0.15) is 0 Å². The first kappa shape index (κ1) is 18.2. The van der Waals surface area contributed by atoms with Crippen LogP contribution in [0.5, 0.6) is 0 Å². The van der Waals surface area contributed by atoms with Gasteiger partial charge in [0.15, 0.2) is 0 Å². The molecule has 1 aromatic rings. The first-order chi connectivity index (χ1) is 10.8. The summed E-state index contributed by atoms with van der Waals surface area (Å²) in [5, 5.41) is 0. The van der Waals surface area contributed by atoms with E-state index < -0.39 is 14.9 Å². The Morgan fingerprint density at radius 3 is 2.78 bits per heavy atom. The SMILES string of the molecule is CCN1CCC(N(C=O)CCc2cc(F)ccc2S(=O)(=O)Cl)C1. The van der Waals surface area contributed by atoms with Gasteiger partial charge in [0.05, 0.1) is 4.90 Å². The van der Waals surface area contributed by atoms with Crippen molar-refractivity contribution < 1.29 is 17.6 Å². The van der Waals surface area contributed by atoms with Gasteiger partial charge in [0.2, 0.25) is 6.41 Å². The Labute approximate surface area is 140 Å². The highest BCUT2D eigenvalue weighted by Gasteiger charge is 2.26. The molecule has 1 heterocycles. The number of likely N-dealkylation sites (N-methyl/N-ethyl adjacent to an activating group) is 1. The molecule has 0 spiro atoms. The molecule has 0 N–H and O–H groups in total. The van der Waals surface area contributed by atoms with Gasteiger partial charge in [0.25, 0.3) is 9.05 Å². The van der Waals surface area contributed by atoms with Crippen LogP contribution in [0.4, 0.5) is 4.39 Å². The molecule has 0 aromatic heterocycles. The average Bonchev–Trinajstić information content (AvgIpc) is 2.95. The normalized spacial score (nSPS) is 19.0. The van der Waals surface area contributed by atoms with Gasteiger partial charge >= 0.3 is 0 Å². The van der Waals surface area contributed by atoms with E-state index in [1.165, 1.54) is 0 Å². The van der Waals surface area contributed by atoms with E-state index in [2.05, 4.69) is 11.8 Å². The Morgan fingerprint density at radius 1 is 1.48 bits per heavy atom. The van der Waals surface area contributed by atoms with E-state index in [9.17, 15) is 17.6 Å². The molecule has 0 radical (unpaired) electrons. The number of likely N-dealkylation sites (tertiary alicyclic amines) is 1. The van der Waals surface area contributed by atoms with Gasteiger partial charge in [-0.25, -0.2) is 12.8 Å². The van der Waals surface area contributed by atoms with Crippen LogP contribution in [-0.4, -0.2) is 56.8 Å². The maximum Gasteiger partial charge on any atom is 0.261 e. The number of carbonyl (C=O) groups is 1. The van der Waals surface area contributed by atoms with Crippen molar-refractivity contribution in [3.05, 3.63) is 29.6 Å². The number of rotatable bonds is 7. The average molecular weight is 363 g/mol. The highest BCUT2D eigenvalue weighted by molar-refractivity contribution is 8.13. The van der Waals surface area contributed by atoms with Gasteiger partial charge in [-0.3, -0.25) is 4.79 Å². The molecular weight excluding hydrogens is 343 g/mol. The molecule has 1 unspecified atom stereocenters. The molecule has 1 atom stereocenters. The molecule has 1 amide bonds. The first-order valence-electron chi connectivity index (χ1n) is 7.51. The summed E-state index contributed by atoms with van der Waals surface area (Å²) in [6, 6.07) is 3.49. The molecule has 2 rings (SSSR count). The minimum atomic E-state index is -3.95. The fourth-order valence-corrected chi connectivity index (χ4v) is 4.08. The second-order valence-electron chi connectivity index (χ2n) is 5.62. The topological polar surface area (TPSA) is 57.7 Å². The summed E-state index contributed by atoms with van der Waals surface area (Å²) in [4.78, 5) is 15.1. The van der Waals surface area contributed by atoms with Gasteiger partial charge < -0.3 is 9.80 Å². The number of halogens is 2. The summed E-state index contributed by atoms with van der Waals surface area (Å²) in [5.41, 5.74) is 0.289. The number of hydrogen-bond acceptors (Lipinski definition) is 4. The van der Waals surface area contributed by atoms with E-state index in [0.29, 0.717) is 6.54 Å². The molecule has 1 saturated heterocycles. The number of benzene rings is 1. The third-order valence-corrected chi connectivity index (χ3v) is 5.65. The lowest BCUT2D eigenvalue weighted by Gasteiger charge is -2.25. The maximum absolute atomic E-state index is 13.4. The van der Waals surface area contributed by atoms with Crippen molar-refractivity contribution in [1.29, 1.82) is 0 Å². The molecule has 1 fully saturated rings. The van der Waals surface area contributed by atoms with Crippen LogP contribution in [0.2, 0.25) is 0 Å². The van der Waals surface area contributed by atoms with Crippen molar-refractivity contribution in [2.45, 2.75) is 30.7 Å². The van der Waals surface area contributed by atoms with Crippen LogP contribution in [0.1, 0.15) is 18.9 Å². The minimum Gasteiger partial charge on any atom is -0.341 e. The van der Waals surface area contributed by atoms with Crippen molar-refractivity contribution in [2.75, 3.05) is 26.2 Å². The molecule has 0 aliphatic carbocycles. The van der Waals surface area contributed by atoms with Crippen molar-refractivity contribution >= 4 is 26.1 Å². The van der Waals surface area contributed by atoms with Crippen molar-refractivity contribution in [3.8, 4) is 0 Å². The number of carbonyl (C=O) groups excluding carboxylic acids is 1. The van der Waals surface area contributed by atoms with Crippen LogP contribution in [0.25, 0.3) is 0 Å². The fraction of sp³-hybridized carbons (Fsp3) is 0.533. The van der Waals surface area contributed by atoms with E-state index in [0.717, 1.165) is 50.7 Å². The zero-order valence-corrected chi connectivity index (χ0v) is 14.5. The largest absolute Gasteiger partial charge is 0.341 e. The predicted molar refractivity (Wildman–Crippen MR) is 86.4 cm³/mol. The molecule has 1 aliphatic rings. The second kappa shape index (κ2) is 7.59. The summed E-state index contributed by atoms with van der Waals surface area (Å²) in [5.74, 6) is -0.528. The first-order valence-corrected chi connectivity index (χ1v) is 9.82. The Morgan fingerprint density at radius 2 is 2.22 bits per heavy atom. The van der Waals surface area contributed by atoms with E-state index in [1.54, 1.807) is 4.90 Å². The summed E-state index contributed by atoms with van der Waals surface area (Å²) in [6.07, 6.45) is 1.90. The van der Waals surface area contributed by atoms with Gasteiger partial charge in [-0.1, -0.05) is 6.92 Å². The standard InChI is InChI=1S/C15H20ClFN2O3S/c1-2-18-7-6-14(10-18)19(11-20)8-5-12-9-13(17)3-4-15(12)23(16,21)22/h3-4,9,11,14H,2,5-8,10H2,1H3. The third kappa shape index (κ3) is 4.65. The molecule has 1 aromatic carbocycles. The molecule has 0 bridgehead atoms. The molecule has 1 aliphatic heterocycles. The summed E-state index contributed by atoms with van der Waals surface area (Å²) in [6.45, 7) is 5.07. The third-order valence-electron chi connectivity index (χ3n) is 4.22. The molecule has 0 saturated carbocycles. The molecular formula is C15H20ClFN2O3S. The van der Waals surface area contributed by atoms with Gasteiger partial charge in [0, 0.05) is 36.4 Å². The predicted octanol–water partition coefficient (Wildman–Crippen LogP) is 1.85. The smallest absolute Gasteiger partial charge is 0.261 e. The summed E-state index contributed by atoms with van der Waals surface area (Å²) >= 11 is 0.